The fourth-order valence-corrected chi connectivity index (χ4v) is 5.28. The number of aliphatic hydroxyl groups is 1. The Morgan fingerprint density at radius 1 is 0.559 bits per heavy atom. The Kier molecular flexibility index (Phi) is 19.6. The summed E-state index contributed by atoms with van der Waals surface area (Å²) in [5, 5.41) is 8.76. The van der Waals surface area contributed by atoms with Crippen LogP contribution in [0.15, 0.2) is 29.2 Å². The first kappa shape index (κ1) is 31.1. The minimum Gasteiger partial charge on any atom is -0.396 e. The summed E-state index contributed by atoms with van der Waals surface area (Å²) >= 11 is 0. The third-order valence-electron chi connectivity index (χ3n) is 6.60. The molecule has 5 heteroatoms. The Morgan fingerprint density at radius 3 is 1.24 bits per heavy atom. The molecule has 1 aromatic rings. The largest absolute Gasteiger partial charge is 0.396 e. The molecule has 0 atom stereocenters. The molecule has 0 aliphatic rings. The molecular formula is C29H52O4S. The van der Waals surface area contributed by atoms with Crippen LogP contribution in [0.3, 0.4) is 0 Å². The molecule has 0 aromatic heterocycles. The molecule has 0 unspecified atom stereocenters. The second kappa shape index (κ2) is 21.4. The maximum absolute atomic E-state index is 12.1. The highest BCUT2D eigenvalue weighted by Crippen LogP contribution is 2.16. The molecule has 0 fully saturated rings. The first-order valence-corrected chi connectivity index (χ1v) is 15.5. The second-order valence-electron chi connectivity index (χ2n) is 9.88. The van der Waals surface area contributed by atoms with Gasteiger partial charge in [0.25, 0.3) is 10.1 Å². The zero-order valence-electron chi connectivity index (χ0n) is 21.9. The van der Waals surface area contributed by atoms with E-state index in [0.29, 0.717) is 6.61 Å². The Labute approximate surface area is 211 Å². The summed E-state index contributed by atoms with van der Waals surface area (Å²) in [5.41, 5.74) is 1.04. The molecule has 0 radical (unpaired) electrons. The molecule has 0 amide bonds. The molecule has 0 heterocycles. The molecule has 0 aliphatic heterocycles. The van der Waals surface area contributed by atoms with Gasteiger partial charge in [-0.05, 0) is 31.9 Å². The molecule has 0 bridgehead atoms. The summed E-state index contributed by atoms with van der Waals surface area (Å²) in [4.78, 5) is 0.246. The van der Waals surface area contributed by atoms with Gasteiger partial charge in [-0.1, -0.05) is 133 Å². The molecule has 1 N–H and O–H groups in total. The number of rotatable bonds is 24. The van der Waals surface area contributed by atoms with Gasteiger partial charge in [-0.3, -0.25) is 4.18 Å². The second-order valence-corrected chi connectivity index (χ2v) is 11.5. The number of hydrogen-bond donors (Lipinski definition) is 1. The van der Waals surface area contributed by atoms with Gasteiger partial charge in [0.2, 0.25) is 0 Å². The average Bonchev–Trinajstić information content (AvgIpc) is 2.82. The fourth-order valence-electron chi connectivity index (χ4n) is 4.34. The lowest BCUT2D eigenvalue weighted by Gasteiger charge is -2.06. The fraction of sp³-hybridized carbons (Fsp3) is 0.793. The van der Waals surface area contributed by atoms with Crippen molar-refractivity contribution < 1.29 is 17.7 Å². The highest BCUT2D eigenvalue weighted by Gasteiger charge is 2.14. The van der Waals surface area contributed by atoms with Gasteiger partial charge in [-0.2, -0.15) is 8.42 Å². The quantitative estimate of drug-likeness (QED) is 0.115. The van der Waals surface area contributed by atoms with Crippen LogP contribution in [0.1, 0.15) is 134 Å². The van der Waals surface area contributed by atoms with Gasteiger partial charge in [0.05, 0.1) is 11.5 Å². The summed E-state index contributed by atoms with van der Waals surface area (Å²) in [6.45, 7) is 2.57. The maximum atomic E-state index is 12.1. The van der Waals surface area contributed by atoms with Crippen molar-refractivity contribution in [1.82, 2.24) is 0 Å². The maximum Gasteiger partial charge on any atom is 0.296 e. The van der Waals surface area contributed by atoms with E-state index >= 15 is 0 Å². The molecule has 0 saturated heterocycles. The molecule has 1 aromatic carbocycles. The van der Waals surface area contributed by atoms with E-state index < -0.39 is 10.1 Å². The average molecular weight is 497 g/mol. The molecule has 0 aliphatic carbocycles. The number of benzene rings is 1. The van der Waals surface area contributed by atoms with E-state index in [1.165, 1.54) is 103 Å². The Bertz CT molecular complexity index is 670. The van der Waals surface area contributed by atoms with Gasteiger partial charge in [-0.15, -0.1) is 0 Å². The van der Waals surface area contributed by atoms with Gasteiger partial charge in [0.15, 0.2) is 0 Å². The summed E-state index contributed by atoms with van der Waals surface area (Å²) in [6.07, 6.45) is 25.5. The summed E-state index contributed by atoms with van der Waals surface area (Å²) in [7, 11) is -3.61. The van der Waals surface area contributed by atoms with Crippen LogP contribution in [0.25, 0.3) is 0 Å². The zero-order valence-corrected chi connectivity index (χ0v) is 22.8. The van der Waals surface area contributed by atoms with Crippen LogP contribution >= 0.6 is 0 Å². The van der Waals surface area contributed by atoms with Gasteiger partial charge in [-0.25, -0.2) is 0 Å². The summed E-state index contributed by atoms with van der Waals surface area (Å²) in [5.74, 6) is 0. The third-order valence-corrected chi connectivity index (χ3v) is 7.93. The lowest BCUT2D eigenvalue weighted by Crippen LogP contribution is -2.07. The Morgan fingerprint density at radius 2 is 0.882 bits per heavy atom. The van der Waals surface area contributed by atoms with E-state index in [4.69, 9.17) is 9.29 Å². The van der Waals surface area contributed by atoms with E-state index in [9.17, 15) is 8.42 Å². The van der Waals surface area contributed by atoms with E-state index in [1.54, 1.807) is 24.3 Å². The monoisotopic (exact) mass is 496 g/mol. The molecule has 0 spiro atoms. The minimum absolute atomic E-state index is 0.246. The Hall–Kier alpha value is -0.910. The first-order chi connectivity index (χ1) is 16.6. The van der Waals surface area contributed by atoms with E-state index in [-0.39, 0.29) is 11.5 Å². The molecule has 34 heavy (non-hydrogen) atoms. The number of hydrogen-bond acceptors (Lipinski definition) is 4. The van der Waals surface area contributed by atoms with E-state index in [1.807, 2.05) is 6.92 Å². The van der Waals surface area contributed by atoms with Gasteiger partial charge in [0, 0.05) is 6.61 Å². The Balaban J connectivity index is 1.78. The molecule has 4 nitrogen and oxygen atoms in total. The van der Waals surface area contributed by atoms with Gasteiger partial charge >= 0.3 is 0 Å². The van der Waals surface area contributed by atoms with Crippen LogP contribution in [0.2, 0.25) is 0 Å². The SMILES string of the molecule is Cc1ccc(S(=O)(=O)OCCCCCCCCCCCCCCCCCCCCCCO)cc1. The third kappa shape index (κ3) is 17.5. The van der Waals surface area contributed by atoms with Crippen LogP contribution in [0.4, 0.5) is 0 Å². The van der Waals surface area contributed by atoms with Crippen molar-refractivity contribution >= 4 is 10.1 Å². The van der Waals surface area contributed by atoms with E-state index in [2.05, 4.69) is 0 Å². The number of unbranched alkanes of at least 4 members (excludes halogenated alkanes) is 19. The lowest BCUT2D eigenvalue weighted by atomic mass is 10.0. The summed E-state index contributed by atoms with van der Waals surface area (Å²) < 4.78 is 29.4. The minimum atomic E-state index is -3.61. The first-order valence-electron chi connectivity index (χ1n) is 14.1. The lowest BCUT2D eigenvalue weighted by molar-refractivity contribution is 0.282. The molecule has 198 valence electrons. The number of aryl methyl sites for hydroxylation is 1. The van der Waals surface area contributed by atoms with Crippen molar-refractivity contribution in [2.75, 3.05) is 13.2 Å². The van der Waals surface area contributed by atoms with Crippen LogP contribution in [-0.2, 0) is 14.3 Å². The van der Waals surface area contributed by atoms with Crippen molar-refractivity contribution in [3.8, 4) is 0 Å². The molecule has 0 saturated carbocycles. The van der Waals surface area contributed by atoms with Crippen molar-refractivity contribution in [3.05, 3.63) is 29.8 Å². The predicted octanol–water partition coefficient (Wildman–Crippen LogP) is 8.49. The highest BCUT2D eigenvalue weighted by atomic mass is 32.2. The number of aliphatic hydroxyl groups excluding tert-OH is 1. The topological polar surface area (TPSA) is 63.6 Å². The van der Waals surface area contributed by atoms with E-state index in [0.717, 1.165) is 31.2 Å². The van der Waals surface area contributed by atoms with Crippen molar-refractivity contribution in [3.63, 3.8) is 0 Å². The van der Waals surface area contributed by atoms with Crippen molar-refractivity contribution in [1.29, 1.82) is 0 Å². The summed E-state index contributed by atoms with van der Waals surface area (Å²) in [6, 6.07) is 6.81. The van der Waals surface area contributed by atoms with Crippen LogP contribution in [-0.4, -0.2) is 26.7 Å². The van der Waals surface area contributed by atoms with Gasteiger partial charge < -0.3 is 5.11 Å². The van der Waals surface area contributed by atoms with Crippen LogP contribution < -0.4 is 0 Å². The van der Waals surface area contributed by atoms with Gasteiger partial charge in [0.1, 0.15) is 0 Å². The predicted molar refractivity (Wildman–Crippen MR) is 144 cm³/mol. The zero-order chi connectivity index (χ0) is 24.7. The molecular weight excluding hydrogens is 444 g/mol. The normalized spacial score (nSPS) is 11.8. The van der Waals surface area contributed by atoms with Crippen LogP contribution in [0, 0.1) is 6.92 Å². The van der Waals surface area contributed by atoms with Crippen molar-refractivity contribution in [2.45, 2.75) is 140 Å². The van der Waals surface area contributed by atoms with Crippen molar-refractivity contribution in [2.24, 2.45) is 0 Å². The highest BCUT2D eigenvalue weighted by molar-refractivity contribution is 7.86. The van der Waals surface area contributed by atoms with Crippen LogP contribution in [0.5, 0.6) is 0 Å². The smallest absolute Gasteiger partial charge is 0.296 e. The standard InChI is InChI=1S/C29H52O4S/c1-28-22-24-29(25-23-28)34(31,32)33-27-21-19-17-15-13-11-9-7-5-3-2-4-6-8-10-12-14-16-18-20-26-30/h22-25,30H,2-21,26-27H2,1H3. The molecule has 1 rings (SSSR count).